The summed E-state index contributed by atoms with van der Waals surface area (Å²) in [5.74, 6) is 0.453. The van der Waals surface area contributed by atoms with Crippen LogP contribution in [0.4, 0.5) is 5.82 Å². The van der Waals surface area contributed by atoms with Crippen LogP contribution in [-0.4, -0.2) is 28.1 Å². The number of hydrogen-bond acceptors (Lipinski definition) is 4. The topological polar surface area (TPSA) is 69.8 Å². The summed E-state index contributed by atoms with van der Waals surface area (Å²) < 4.78 is 0. The molecule has 86 valence electrons. The number of rotatable bonds is 2. The zero-order chi connectivity index (χ0) is 11.0. The Morgan fingerprint density at radius 1 is 1.31 bits per heavy atom. The molecule has 3 N–H and O–H groups in total. The highest BCUT2D eigenvalue weighted by atomic mass is 16.1. The van der Waals surface area contributed by atoms with E-state index in [2.05, 4.69) is 20.6 Å². The molecule has 1 aromatic rings. The summed E-state index contributed by atoms with van der Waals surface area (Å²) >= 11 is 0. The maximum absolute atomic E-state index is 11.5. The van der Waals surface area contributed by atoms with E-state index < -0.39 is 0 Å². The van der Waals surface area contributed by atoms with Gasteiger partial charge in [0.05, 0.1) is 0 Å². The summed E-state index contributed by atoms with van der Waals surface area (Å²) in [4.78, 5) is 18.2. The molecule has 2 fully saturated rings. The molecule has 16 heavy (non-hydrogen) atoms. The van der Waals surface area contributed by atoms with E-state index in [1.807, 2.05) is 0 Å². The molecule has 2 aliphatic heterocycles. The van der Waals surface area contributed by atoms with Crippen LogP contribution in [0.3, 0.4) is 0 Å². The van der Waals surface area contributed by atoms with E-state index >= 15 is 0 Å². The number of hydrogen-bond donors (Lipinski definition) is 3. The smallest absolute Gasteiger partial charge is 0.290 e. The van der Waals surface area contributed by atoms with Crippen LogP contribution in [0.1, 0.15) is 25.7 Å². The van der Waals surface area contributed by atoms with Crippen molar-refractivity contribution in [2.75, 3.05) is 5.32 Å². The molecular weight excluding hydrogens is 204 g/mol. The van der Waals surface area contributed by atoms with Crippen molar-refractivity contribution in [2.45, 2.75) is 43.8 Å². The normalized spacial score (nSPS) is 32.6. The van der Waals surface area contributed by atoms with Crippen LogP contribution in [-0.2, 0) is 0 Å². The van der Waals surface area contributed by atoms with Crippen LogP contribution in [0.15, 0.2) is 17.2 Å². The zero-order valence-corrected chi connectivity index (χ0v) is 9.07. The van der Waals surface area contributed by atoms with Gasteiger partial charge in [-0.05, 0) is 25.7 Å². The largest absolute Gasteiger partial charge is 0.363 e. The molecule has 2 bridgehead atoms. The number of aromatic amines is 1. The summed E-state index contributed by atoms with van der Waals surface area (Å²) in [6, 6.07) is 1.63. The molecule has 0 aromatic carbocycles. The fourth-order valence-electron chi connectivity index (χ4n) is 2.82. The molecule has 2 atom stereocenters. The first-order valence-corrected chi connectivity index (χ1v) is 5.87. The minimum Gasteiger partial charge on any atom is -0.363 e. The van der Waals surface area contributed by atoms with Gasteiger partial charge in [-0.2, -0.15) is 0 Å². The Bertz CT molecular complexity index is 418. The number of aromatic nitrogens is 2. The van der Waals surface area contributed by atoms with Crippen molar-refractivity contribution in [1.29, 1.82) is 0 Å². The number of piperidine rings is 1. The van der Waals surface area contributed by atoms with Gasteiger partial charge in [-0.3, -0.25) is 4.79 Å². The Morgan fingerprint density at radius 3 is 2.75 bits per heavy atom. The molecule has 0 aliphatic carbocycles. The number of nitrogens with one attached hydrogen (secondary N) is 3. The standard InChI is InChI=1S/C11H16N4O/c16-11-10(12-3-4-13-11)15-9-5-7-1-2-8(6-9)14-7/h3-4,7-9,14H,1-2,5-6H2,(H,12,15)(H,13,16). The van der Waals surface area contributed by atoms with Crippen molar-refractivity contribution in [3.8, 4) is 0 Å². The van der Waals surface area contributed by atoms with Gasteiger partial charge in [0.2, 0.25) is 0 Å². The van der Waals surface area contributed by atoms with Crippen molar-refractivity contribution in [3.05, 3.63) is 22.7 Å². The van der Waals surface area contributed by atoms with Crippen LogP contribution in [0.5, 0.6) is 0 Å². The first-order valence-electron chi connectivity index (χ1n) is 5.87. The van der Waals surface area contributed by atoms with E-state index in [4.69, 9.17) is 0 Å². The van der Waals surface area contributed by atoms with Crippen LogP contribution in [0.25, 0.3) is 0 Å². The summed E-state index contributed by atoms with van der Waals surface area (Å²) in [5.41, 5.74) is -0.131. The highest BCUT2D eigenvalue weighted by Gasteiger charge is 2.33. The second-order valence-electron chi connectivity index (χ2n) is 4.72. The van der Waals surface area contributed by atoms with E-state index in [1.165, 1.54) is 12.8 Å². The van der Waals surface area contributed by atoms with Crippen molar-refractivity contribution in [2.24, 2.45) is 0 Å². The van der Waals surface area contributed by atoms with Gasteiger partial charge in [0.1, 0.15) is 0 Å². The molecule has 0 radical (unpaired) electrons. The fourth-order valence-corrected chi connectivity index (χ4v) is 2.82. The van der Waals surface area contributed by atoms with Gasteiger partial charge < -0.3 is 15.6 Å². The first kappa shape index (κ1) is 9.84. The second-order valence-corrected chi connectivity index (χ2v) is 4.72. The predicted molar refractivity (Wildman–Crippen MR) is 61.4 cm³/mol. The summed E-state index contributed by atoms with van der Waals surface area (Å²) in [6.45, 7) is 0. The average molecular weight is 220 g/mol. The van der Waals surface area contributed by atoms with E-state index in [9.17, 15) is 4.79 Å². The lowest BCUT2D eigenvalue weighted by molar-refractivity contribution is 0.377. The van der Waals surface area contributed by atoms with E-state index in [0.717, 1.165) is 12.8 Å². The molecule has 5 nitrogen and oxygen atoms in total. The van der Waals surface area contributed by atoms with Crippen molar-refractivity contribution in [1.82, 2.24) is 15.3 Å². The lowest BCUT2D eigenvalue weighted by Crippen LogP contribution is -2.44. The van der Waals surface area contributed by atoms with Crippen LogP contribution >= 0.6 is 0 Å². The molecule has 2 saturated heterocycles. The van der Waals surface area contributed by atoms with Gasteiger partial charge >= 0.3 is 0 Å². The van der Waals surface area contributed by atoms with Crippen LogP contribution in [0.2, 0.25) is 0 Å². The average Bonchev–Trinajstić information content (AvgIpc) is 2.62. The first-order chi connectivity index (χ1) is 7.81. The molecule has 0 amide bonds. The second kappa shape index (κ2) is 3.90. The predicted octanol–water partition coefficient (Wildman–Crippen LogP) is 0.465. The molecule has 3 heterocycles. The number of anilines is 1. The monoisotopic (exact) mass is 220 g/mol. The molecular formula is C11H16N4O. The third kappa shape index (κ3) is 1.82. The molecule has 0 saturated carbocycles. The minimum atomic E-state index is -0.131. The maximum atomic E-state index is 11.5. The SMILES string of the molecule is O=c1[nH]ccnc1NC1CC2CCC(C1)N2. The van der Waals surface area contributed by atoms with Crippen LogP contribution < -0.4 is 16.2 Å². The Balaban J connectivity index is 1.71. The van der Waals surface area contributed by atoms with Crippen molar-refractivity contribution >= 4 is 5.82 Å². The summed E-state index contributed by atoms with van der Waals surface area (Å²) in [6.07, 6.45) is 7.88. The Hall–Kier alpha value is -1.36. The van der Waals surface area contributed by atoms with Crippen molar-refractivity contribution in [3.63, 3.8) is 0 Å². The van der Waals surface area contributed by atoms with E-state index in [1.54, 1.807) is 12.4 Å². The molecule has 5 heteroatoms. The Kier molecular flexibility index (Phi) is 2.40. The van der Waals surface area contributed by atoms with Gasteiger partial charge in [0.15, 0.2) is 5.82 Å². The molecule has 0 spiro atoms. The molecule has 2 aliphatic rings. The quantitative estimate of drug-likeness (QED) is 0.677. The lowest BCUT2D eigenvalue weighted by Gasteiger charge is -2.29. The fraction of sp³-hybridized carbons (Fsp3) is 0.636. The lowest BCUT2D eigenvalue weighted by atomic mass is 10.00. The molecule has 2 unspecified atom stereocenters. The Morgan fingerprint density at radius 2 is 2.06 bits per heavy atom. The number of fused-ring (bicyclic) bond motifs is 2. The van der Waals surface area contributed by atoms with Crippen molar-refractivity contribution < 1.29 is 0 Å². The minimum absolute atomic E-state index is 0.131. The molecule has 3 rings (SSSR count). The van der Waals surface area contributed by atoms with Gasteiger partial charge in [-0.25, -0.2) is 4.98 Å². The van der Waals surface area contributed by atoms with Gasteiger partial charge in [0.25, 0.3) is 5.56 Å². The third-order valence-electron chi connectivity index (χ3n) is 3.52. The number of H-pyrrole nitrogens is 1. The van der Waals surface area contributed by atoms with E-state index in [-0.39, 0.29) is 5.56 Å². The third-order valence-corrected chi connectivity index (χ3v) is 3.52. The number of nitrogens with zero attached hydrogens (tertiary/aromatic N) is 1. The highest BCUT2D eigenvalue weighted by molar-refractivity contribution is 5.32. The van der Waals surface area contributed by atoms with E-state index in [0.29, 0.717) is 23.9 Å². The van der Waals surface area contributed by atoms with Gasteiger partial charge in [-0.1, -0.05) is 0 Å². The molecule has 1 aromatic heterocycles. The maximum Gasteiger partial charge on any atom is 0.290 e. The Labute approximate surface area is 93.7 Å². The van der Waals surface area contributed by atoms with Gasteiger partial charge in [0, 0.05) is 30.5 Å². The zero-order valence-electron chi connectivity index (χ0n) is 9.07. The summed E-state index contributed by atoms with van der Waals surface area (Å²) in [5, 5.41) is 6.83. The summed E-state index contributed by atoms with van der Waals surface area (Å²) in [7, 11) is 0. The highest BCUT2D eigenvalue weighted by Crippen LogP contribution is 2.27. The van der Waals surface area contributed by atoms with Crippen LogP contribution in [0, 0.1) is 0 Å². The van der Waals surface area contributed by atoms with Gasteiger partial charge in [-0.15, -0.1) is 0 Å².